The van der Waals surface area contributed by atoms with Gasteiger partial charge in [0.1, 0.15) is 18.7 Å². The molecule has 0 radical (unpaired) electrons. The molecule has 0 fully saturated rings. The first-order chi connectivity index (χ1) is 16.3. The maximum Gasteiger partial charge on any atom is 0.311 e. The van der Waals surface area contributed by atoms with Crippen molar-refractivity contribution < 1.29 is 18.9 Å². The average Bonchev–Trinajstić information content (AvgIpc) is 3.45. The van der Waals surface area contributed by atoms with Gasteiger partial charge in [-0.25, -0.2) is 9.67 Å². The van der Waals surface area contributed by atoms with Crippen molar-refractivity contribution in [2.24, 2.45) is 0 Å². The summed E-state index contributed by atoms with van der Waals surface area (Å²) >= 11 is 11.9. The molecule has 0 bridgehead atoms. The number of carbonyl (C=O) groups is 1. The van der Waals surface area contributed by atoms with E-state index in [1.807, 2.05) is 6.07 Å². The number of aryl methyl sites for hydroxylation is 1. The number of carbonyl (C=O) groups excluding carboxylic acids is 1. The van der Waals surface area contributed by atoms with Gasteiger partial charge in [-0.1, -0.05) is 35.3 Å². The van der Waals surface area contributed by atoms with Gasteiger partial charge in [-0.05, 0) is 48.4 Å². The molecule has 0 aliphatic heterocycles. The number of nitrogens with one attached hydrogen (secondary N) is 1. The zero-order valence-corrected chi connectivity index (χ0v) is 19.2. The Morgan fingerprint density at radius 3 is 2.76 bits per heavy atom. The van der Waals surface area contributed by atoms with Crippen LogP contribution in [0.3, 0.4) is 0 Å². The summed E-state index contributed by atoms with van der Waals surface area (Å²) in [6.45, 7) is 2.04. The van der Waals surface area contributed by atoms with E-state index in [-0.39, 0.29) is 29.8 Å². The molecule has 0 aliphatic carbocycles. The molecule has 10 nitrogen and oxygen atoms in total. The van der Waals surface area contributed by atoms with Crippen molar-refractivity contribution in [1.82, 2.24) is 14.8 Å². The molecular formula is C22H17Cl2N5O5. The molecule has 174 valence electrons. The lowest BCUT2D eigenvalue weighted by Crippen LogP contribution is -2.12. The molecule has 0 saturated carbocycles. The SMILES string of the molecule is Cc1ccc(OCc2ccc(C(=O)Nc3ncn(Cc4ccc(Cl)c(Cl)c4)n3)o2)c([N+](=O)[O-])c1. The Kier molecular flexibility index (Phi) is 6.80. The Hall–Kier alpha value is -3.89. The Morgan fingerprint density at radius 1 is 1.18 bits per heavy atom. The van der Waals surface area contributed by atoms with Gasteiger partial charge in [-0.15, -0.1) is 5.10 Å². The minimum absolute atomic E-state index is 0.0119. The van der Waals surface area contributed by atoms with Crippen LogP contribution in [0.4, 0.5) is 11.6 Å². The summed E-state index contributed by atoms with van der Waals surface area (Å²) in [6, 6.07) is 12.9. The topological polar surface area (TPSA) is 125 Å². The van der Waals surface area contributed by atoms with E-state index in [1.165, 1.54) is 29.2 Å². The molecule has 1 N–H and O–H groups in total. The van der Waals surface area contributed by atoms with Gasteiger partial charge < -0.3 is 9.15 Å². The van der Waals surface area contributed by atoms with E-state index in [9.17, 15) is 14.9 Å². The number of nitro groups is 1. The molecule has 34 heavy (non-hydrogen) atoms. The van der Waals surface area contributed by atoms with Gasteiger partial charge in [-0.3, -0.25) is 20.2 Å². The first-order valence-corrected chi connectivity index (χ1v) is 10.7. The van der Waals surface area contributed by atoms with Crippen molar-refractivity contribution in [2.75, 3.05) is 5.32 Å². The van der Waals surface area contributed by atoms with Crippen molar-refractivity contribution in [3.63, 3.8) is 0 Å². The smallest absolute Gasteiger partial charge is 0.311 e. The molecule has 0 saturated heterocycles. The van der Waals surface area contributed by atoms with E-state index in [1.54, 1.807) is 31.2 Å². The van der Waals surface area contributed by atoms with E-state index in [0.29, 0.717) is 22.4 Å². The zero-order chi connectivity index (χ0) is 24.2. The Bertz CT molecular complexity index is 1370. The molecular weight excluding hydrogens is 485 g/mol. The van der Waals surface area contributed by atoms with E-state index in [2.05, 4.69) is 15.4 Å². The molecule has 2 heterocycles. The summed E-state index contributed by atoms with van der Waals surface area (Å²) < 4.78 is 12.5. The third kappa shape index (κ3) is 5.53. The standard InChI is InChI=1S/C22H17Cl2N5O5/c1-13-2-6-19(18(8-13)29(31)32)33-11-15-4-7-20(34-15)21(30)26-22-25-12-28(27-22)10-14-3-5-16(23)17(24)9-14/h2-9,12H,10-11H2,1H3,(H,26,27,30). The molecule has 0 atom stereocenters. The molecule has 4 rings (SSSR count). The predicted molar refractivity (Wildman–Crippen MR) is 124 cm³/mol. The summed E-state index contributed by atoms with van der Waals surface area (Å²) in [5.74, 6) is -0.0277. The van der Waals surface area contributed by atoms with Crippen molar-refractivity contribution in [1.29, 1.82) is 0 Å². The largest absolute Gasteiger partial charge is 0.479 e. The monoisotopic (exact) mass is 501 g/mol. The van der Waals surface area contributed by atoms with Gasteiger partial charge in [0.15, 0.2) is 11.5 Å². The third-order valence-electron chi connectivity index (χ3n) is 4.66. The number of nitro benzene ring substituents is 1. The maximum atomic E-state index is 12.5. The summed E-state index contributed by atoms with van der Waals surface area (Å²) in [5, 5.41) is 18.9. The summed E-state index contributed by atoms with van der Waals surface area (Å²) in [5.41, 5.74) is 1.46. The Balaban J connectivity index is 1.36. The number of benzene rings is 2. The highest BCUT2D eigenvalue weighted by Gasteiger charge is 2.17. The number of hydrogen-bond acceptors (Lipinski definition) is 7. The molecule has 4 aromatic rings. The highest BCUT2D eigenvalue weighted by atomic mass is 35.5. The average molecular weight is 502 g/mol. The predicted octanol–water partition coefficient (Wildman–Crippen LogP) is 5.27. The van der Waals surface area contributed by atoms with Crippen molar-refractivity contribution in [3.05, 3.63) is 97.7 Å². The normalized spacial score (nSPS) is 10.8. The number of anilines is 1. The summed E-state index contributed by atoms with van der Waals surface area (Å²) in [6.07, 6.45) is 1.47. The number of aromatic nitrogens is 3. The van der Waals surface area contributed by atoms with Crippen LogP contribution in [0.25, 0.3) is 0 Å². The lowest BCUT2D eigenvalue weighted by atomic mass is 10.2. The molecule has 1 amide bonds. The maximum absolute atomic E-state index is 12.5. The second-order valence-electron chi connectivity index (χ2n) is 7.25. The third-order valence-corrected chi connectivity index (χ3v) is 5.40. The van der Waals surface area contributed by atoms with Gasteiger partial charge >= 0.3 is 5.69 Å². The molecule has 0 aliphatic rings. The van der Waals surface area contributed by atoms with Gasteiger partial charge in [-0.2, -0.15) is 0 Å². The second-order valence-corrected chi connectivity index (χ2v) is 8.07. The van der Waals surface area contributed by atoms with Crippen LogP contribution in [-0.4, -0.2) is 25.6 Å². The van der Waals surface area contributed by atoms with E-state index >= 15 is 0 Å². The quantitative estimate of drug-likeness (QED) is 0.257. The van der Waals surface area contributed by atoms with Crippen LogP contribution in [0.2, 0.25) is 10.0 Å². The zero-order valence-electron chi connectivity index (χ0n) is 17.7. The summed E-state index contributed by atoms with van der Waals surface area (Å²) in [4.78, 5) is 27.2. The van der Waals surface area contributed by atoms with Gasteiger partial charge in [0, 0.05) is 6.07 Å². The van der Waals surface area contributed by atoms with Crippen LogP contribution in [0.5, 0.6) is 5.75 Å². The number of ether oxygens (including phenoxy) is 1. The van der Waals surface area contributed by atoms with E-state index in [4.69, 9.17) is 32.4 Å². The van der Waals surface area contributed by atoms with Crippen LogP contribution < -0.4 is 10.1 Å². The summed E-state index contributed by atoms with van der Waals surface area (Å²) in [7, 11) is 0. The fraction of sp³-hybridized carbons (Fsp3) is 0.136. The van der Waals surface area contributed by atoms with E-state index in [0.717, 1.165) is 11.1 Å². The van der Waals surface area contributed by atoms with Crippen molar-refractivity contribution in [2.45, 2.75) is 20.1 Å². The molecule has 0 unspecified atom stereocenters. The first-order valence-electron chi connectivity index (χ1n) is 9.90. The fourth-order valence-corrected chi connectivity index (χ4v) is 3.36. The fourth-order valence-electron chi connectivity index (χ4n) is 3.03. The number of hydrogen-bond donors (Lipinski definition) is 1. The molecule has 12 heteroatoms. The number of furan rings is 1. The number of rotatable bonds is 8. The number of nitrogens with zero attached hydrogens (tertiary/aromatic N) is 4. The molecule has 0 spiro atoms. The van der Waals surface area contributed by atoms with Crippen LogP contribution in [0.15, 0.2) is 59.3 Å². The Labute approximate surface area is 203 Å². The second kappa shape index (κ2) is 9.94. The van der Waals surface area contributed by atoms with Crippen LogP contribution in [-0.2, 0) is 13.2 Å². The highest BCUT2D eigenvalue weighted by Crippen LogP contribution is 2.28. The van der Waals surface area contributed by atoms with Crippen LogP contribution in [0, 0.1) is 17.0 Å². The lowest BCUT2D eigenvalue weighted by molar-refractivity contribution is -0.386. The van der Waals surface area contributed by atoms with Crippen molar-refractivity contribution >= 4 is 40.7 Å². The van der Waals surface area contributed by atoms with Crippen LogP contribution >= 0.6 is 23.2 Å². The highest BCUT2D eigenvalue weighted by molar-refractivity contribution is 6.42. The number of amides is 1. The molecule has 2 aromatic heterocycles. The first kappa shape index (κ1) is 23.3. The van der Waals surface area contributed by atoms with Gasteiger partial charge in [0.2, 0.25) is 5.95 Å². The Morgan fingerprint density at radius 2 is 2.00 bits per heavy atom. The molecule has 2 aromatic carbocycles. The van der Waals surface area contributed by atoms with Gasteiger partial charge in [0.25, 0.3) is 5.91 Å². The van der Waals surface area contributed by atoms with E-state index < -0.39 is 10.8 Å². The van der Waals surface area contributed by atoms with Crippen LogP contribution in [0.1, 0.15) is 27.4 Å². The van der Waals surface area contributed by atoms with Crippen molar-refractivity contribution in [3.8, 4) is 5.75 Å². The lowest BCUT2D eigenvalue weighted by Gasteiger charge is -2.05. The number of halogens is 2. The minimum Gasteiger partial charge on any atom is -0.479 e. The van der Waals surface area contributed by atoms with Gasteiger partial charge in [0.05, 0.1) is 21.5 Å². The minimum atomic E-state index is -0.556.